The number of anilines is 1. The van der Waals surface area contributed by atoms with Crippen LogP contribution >= 0.6 is 0 Å². The smallest absolute Gasteiger partial charge is 0.264 e. The molecule has 0 saturated heterocycles. The van der Waals surface area contributed by atoms with Crippen LogP contribution in [-0.4, -0.2) is 56.5 Å². The number of amides is 2. The minimum absolute atomic E-state index is 0.00392. The van der Waals surface area contributed by atoms with Crippen molar-refractivity contribution in [2.75, 3.05) is 24.1 Å². The Hall–Kier alpha value is -4.97. The normalized spacial score (nSPS) is 13.4. The number of fused-ring (bicyclic) bond motifs is 1. The van der Waals surface area contributed by atoms with E-state index in [0.29, 0.717) is 12.4 Å². The molecule has 4 aromatic rings. The van der Waals surface area contributed by atoms with E-state index < -0.39 is 51.6 Å². The van der Waals surface area contributed by atoms with Gasteiger partial charge in [0.2, 0.25) is 11.8 Å². The van der Waals surface area contributed by atoms with E-state index in [0.717, 1.165) is 22.0 Å². The van der Waals surface area contributed by atoms with Gasteiger partial charge in [-0.15, -0.1) is 0 Å². The average molecular weight is 678 g/mol. The number of carbonyl (C=O) groups is 2. The van der Waals surface area contributed by atoms with Crippen LogP contribution in [0.2, 0.25) is 0 Å². The first kappa shape index (κ1) is 34.4. The van der Waals surface area contributed by atoms with Crippen molar-refractivity contribution in [1.82, 2.24) is 10.2 Å². The number of hydrogen-bond acceptors (Lipinski definition) is 6. The third-order valence-corrected chi connectivity index (χ3v) is 9.33. The van der Waals surface area contributed by atoms with Gasteiger partial charge in [0.15, 0.2) is 11.5 Å². The van der Waals surface area contributed by atoms with Gasteiger partial charge in [-0.2, -0.15) is 0 Å². The summed E-state index contributed by atoms with van der Waals surface area (Å²) in [6.07, 6.45) is 0.0639. The van der Waals surface area contributed by atoms with Crippen LogP contribution < -0.4 is 19.1 Å². The molecular formula is C36H37F2N3O6S. The lowest BCUT2D eigenvalue weighted by Crippen LogP contribution is -2.56. The van der Waals surface area contributed by atoms with E-state index >= 15 is 4.39 Å². The van der Waals surface area contributed by atoms with Gasteiger partial charge >= 0.3 is 0 Å². The zero-order valence-corrected chi connectivity index (χ0v) is 27.7. The molecule has 4 aromatic carbocycles. The van der Waals surface area contributed by atoms with Crippen LogP contribution in [0.15, 0.2) is 102 Å². The first-order valence-corrected chi connectivity index (χ1v) is 16.8. The van der Waals surface area contributed by atoms with Crippen molar-refractivity contribution >= 4 is 27.5 Å². The fourth-order valence-electron chi connectivity index (χ4n) is 5.26. The Morgan fingerprint density at radius 1 is 0.854 bits per heavy atom. The third kappa shape index (κ3) is 8.29. The second kappa shape index (κ2) is 14.4. The molecule has 0 unspecified atom stereocenters. The monoisotopic (exact) mass is 677 g/mol. The summed E-state index contributed by atoms with van der Waals surface area (Å²) in [4.78, 5) is 29.5. The molecular weight excluding hydrogens is 640 g/mol. The van der Waals surface area contributed by atoms with Gasteiger partial charge in [0, 0.05) is 30.1 Å². The highest BCUT2D eigenvalue weighted by Crippen LogP contribution is 2.34. The lowest BCUT2D eigenvalue weighted by molar-refractivity contribution is -0.140. The molecule has 12 heteroatoms. The Morgan fingerprint density at radius 3 is 2.17 bits per heavy atom. The number of rotatable bonds is 11. The molecule has 0 radical (unpaired) electrons. The molecule has 0 aliphatic carbocycles. The van der Waals surface area contributed by atoms with Crippen molar-refractivity contribution in [1.29, 1.82) is 0 Å². The van der Waals surface area contributed by atoms with Gasteiger partial charge in [0.25, 0.3) is 10.0 Å². The Kier molecular flexibility index (Phi) is 10.3. The highest BCUT2D eigenvalue weighted by atomic mass is 32.2. The molecule has 1 aliphatic rings. The van der Waals surface area contributed by atoms with E-state index in [9.17, 15) is 22.4 Å². The maximum Gasteiger partial charge on any atom is 0.264 e. The quantitative estimate of drug-likeness (QED) is 0.225. The molecule has 1 atom stereocenters. The summed E-state index contributed by atoms with van der Waals surface area (Å²) in [5, 5.41) is 2.93. The van der Waals surface area contributed by atoms with E-state index in [2.05, 4.69) is 5.32 Å². The van der Waals surface area contributed by atoms with E-state index in [-0.39, 0.29) is 41.5 Å². The Bertz CT molecular complexity index is 1870. The van der Waals surface area contributed by atoms with Crippen molar-refractivity contribution in [3.8, 4) is 11.5 Å². The third-order valence-electron chi connectivity index (χ3n) is 7.56. The maximum atomic E-state index is 15.1. The average Bonchev–Trinajstić information content (AvgIpc) is 3.05. The minimum atomic E-state index is -4.49. The molecule has 2 amide bonds. The molecule has 0 aromatic heterocycles. The molecule has 1 heterocycles. The number of carbonyl (C=O) groups excluding carboxylic acids is 2. The topological polar surface area (TPSA) is 105 Å². The van der Waals surface area contributed by atoms with Crippen molar-refractivity contribution in [3.63, 3.8) is 0 Å². The van der Waals surface area contributed by atoms with Crippen LogP contribution in [-0.2, 0) is 32.6 Å². The van der Waals surface area contributed by atoms with E-state index in [1.807, 2.05) is 6.07 Å². The SMILES string of the molecule is CC(C)(C)NC(=O)[C@@H](Cc1ccccc1)N(Cc1ccccc1F)C(=O)CN(c1ccc(F)cc1)S(=O)(=O)c1ccc2c(c1)OCCO2. The van der Waals surface area contributed by atoms with Crippen LogP contribution in [0.4, 0.5) is 14.5 Å². The minimum Gasteiger partial charge on any atom is -0.486 e. The summed E-state index contributed by atoms with van der Waals surface area (Å²) >= 11 is 0. The fraction of sp³-hybridized carbons (Fsp3) is 0.278. The van der Waals surface area contributed by atoms with Gasteiger partial charge < -0.3 is 19.7 Å². The summed E-state index contributed by atoms with van der Waals surface area (Å²) < 4.78 is 69.6. The molecule has 5 rings (SSSR count). The molecule has 1 N–H and O–H groups in total. The fourth-order valence-corrected chi connectivity index (χ4v) is 6.69. The van der Waals surface area contributed by atoms with Crippen LogP contribution in [0, 0.1) is 11.6 Å². The largest absolute Gasteiger partial charge is 0.486 e. The van der Waals surface area contributed by atoms with Gasteiger partial charge in [0.1, 0.15) is 37.4 Å². The van der Waals surface area contributed by atoms with E-state index in [4.69, 9.17) is 9.47 Å². The Balaban J connectivity index is 1.59. The maximum absolute atomic E-state index is 15.1. The van der Waals surface area contributed by atoms with Crippen molar-refractivity contribution < 1.29 is 36.3 Å². The first-order valence-electron chi connectivity index (χ1n) is 15.4. The zero-order chi connectivity index (χ0) is 34.5. The number of halogens is 2. The molecule has 0 fully saturated rings. The number of nitrogens with one attached hydrogen (secondary N) is 1. The summed E-state index contributed by atoms with van der Waals surface area (Å²) in [6.45, 7) is 4.80. The Labute approximate surface area is 279 Å². The highest BCUT2D eigenvalue weighted by molar-refractivity contribution is 7.92. The summed E-state index contributed by atoms with van der Waals surface area (Å²) in [7, 11) is -4.49. The lowest BCUT2D eigenvalue weighted by Gasteiger charge is -2.35. The number of sulfonamides is 1. The second-order valence-corrected chi connectivity index (χ2v) is 14.2. The van der Waals surface area contributed by atoms with Crippen molar-refractivity contribution in [2.24, 2.45) is 0 Å². The molecule has 48 heavy (non-hydrogen) atoms. The van der Waals surface area contributed by atoms with Gasteiger partial charge in [-0.25, -0.2) is 17.2 Å². The summed E-state index contributed by atoms with van der Waals surface area (Å²) in [6, 6.07) is 22.5. The van der Waals surface area contributed by atoms with Crippen LogP contribution in [0.5, 0.6) is 11.5 Å². The number of benzene rings is 4. The first-order chi connectivity index (χ1) is 22.8. The second-order valence-electron chi connectivity index (χ2n) is 12.4. The molecule has 9 nitrogen and oxygen atoms in total. The van der Waals surface area contributed by atoms with Gasteiger partial charge in [-0.3, -0.25) is 13.9 Å². The number of ether oxygens (including phenoxy) is 2. The summed E-state index contributed by atoms with van der Waals surface area (Å²) in [5.74, 6) is -1.90. The molecule has 0 bridgehead atoms. The van der Waals surface area contributed by atoms with E-state index in [1.54, 1.807) is 51.1 Å². The highest BCUT2D eigenvalue weighted by Gasteiger charge is 2.36. The van der Waals surface area contributed by atoms with Crippen LogP contribution in [0.25, 0.3) is 0 Å². The zero-order valence-electron chi connectivity index (χ0n) is 26.9. The molecule has 0 spiro atoms. The number of hydrogen-bond donors (Lipinski definition) is 1. The lowest BCUT2D eigenvalue weighted by atomic mass is 10.0. The van der Waals surface area contributed by atoms with Gasteiger partial charge in [0.05, 0.1) is 10.6 Å². The van der Waals surface area contributed by atoms with Crippen LogP contribution in [0.1, 0.15) is 31.9 Å². The van der Waals surface area contributed by atoms with Crippen molar-refractivity contribution in [3.05, 3.63) is 120 Å². The van der Waals surface area contributed by atoms with Gasteiger partial charge in [-0.05, 0) is 68.8 Å². The predicted molar refractivity (Wildman–Crippen MR) is 177 cm³/mol. The van der Waals surface area contributed by atoms with E-state index in [1.165, 1.54) is 53.4 Å². The molecule has 0 saturated carbocycles. The Morgan fingerprint density at radius 2 is 1.50 bits per heavy atom. The molecule has 1 aliphatic heterocycles. The standard InChI is InChI=1S/C36H37F2N3O6S/c1-36(2,3)39-35(43)31(21-25-9-5-4-6-10-25)40(23-26-11-7-8-12-30(26)38)34(42)24-41(28-15-13-27(37)14-16-28)48(44,45)29-17-18-32-33(22-29)47-20-19-46-32/h4-18,22,31H,19-21,23-24H2,1-3H3,(H,39,43)/t31-/m1/s1. The number of nitrogens with zero attached hydrogens (tertiary/aromatic N) is 2. The van der Waals surface area contributed by atoms with Crippen LogP contribution in [0.3, 0.4) is 0 Å². The summed E-state index contributed by atoms with van der Waals surface area (Å²) in [5.41, 5.74) is 0.192. The molecule has 252 valence electrons. The predicted octanol–water partition coefficient (Wildman–Crippen LogP) is 5.49. The van der Waals surface area contributed by atoms with Gasteiger partial charge in [-0.1, -0.05) is 48.5 Å². The van der Waals surface area contributed by atoms with Crippen molar-refractivity contribution in [2.45, 2.75) is 50.2 Å².